The van der Waals surface area contributed by atoms with Gasteiger partial charge in [-0.1, -0.05) is 30.3 Å². The second-order valence-corrected chi connectivity index (χ2v) is 3.93. The Hall–Kier alpha value is -2.56. The fourth-order valence-electron chi connectivity index (χ4n) is 1.51. The van der Waals surface area contributed by atoms with E-state index in [1.165, 1.54) is 18.2 Å². The summed E-state index contributed by atoms with van der Waals surface area (Å²) in [7, 11) is 0. The number of hydrogen-bond acceptors (Lipinski definition) is 3. The lowest BCUT2D eigenvalue weighted by molar-refractivity contribution is 0.155. The van der Waals surface area contributed by atoms with E-state index in [-0.39, 0.29) is 12.3 Å². The van der Waals surface area contributed by atoms with Crippen molar-refractivity contribution < 1.29 is 13.9 Å². The third-order valence-electron chi connectivity index (χ3n) is 2.44. The quantitative estimate of drug-likeness (QED) is 0.833. The summed E-state index contributed by atoms with van der Waals surface area (Å²) in [4.78, 5) is 11.5. The van der Waals surface area contributed by atoms with E-state index < -0.39 is 11.9 Å². The van der Waals surface area contributed by atoms with Gasteiger partial charge in [-0.05, 0) is 23.8 Å². The van der Waals surface area contributed by atoms with E-state index in [1.54, 1.807) is 0 Å². The number of anilines is 2. The largest absolute Gasteiger partial charge is 0.444 e. The SMILES string of the molecule is Nc1ccc(F)c(NC(=O)OCc2ccccc2)c1. The van der Waals surface area contributed by atoms with E-state index in [2.05, 4.69) is 5.32 Å². The summed E-state index contributed by atoms with van der Waals surface area (Å²) < 4.78 is 18.3. The molecule has 2 rings (SSSR count). The van der Waals surface area contributed by atoms with E-state index in [0.29, 0.717) is 5.69 Å². The highest BCUT2D eigenvalue weighted by Crippen LogP contribution is 2.17. The summed E-state index contributed by atoms with van der Waals surface area (Å²) in [5.74, 6) is -0.564. The number of nitrogen functional groups attached to an aromatic ring is 1. The fraction of sp³-hybridized carbons (Fsp3) is 0.0714. The van der Waals surface area contributed by atoms with Gasteiger partial charge in [-0.15, -0.1) is 0 Å². The average molecular weight is 260 g/mol. The Morgan fingerprint density at radius 1 is 1.21 bits per heavy atom. The average Bonchev–Trinajstić information content (AvgIpc) is 2.42. The molecule has 0 radical (unpaired) electrons. The number of amides is 1. The number of ether oxygens (including phenoxy) is 1. The number of hydrogen-bond donors (Lipinski definition) is 2. The summed E-state index contributed by atoms with van der Waals surface area (Å²) in [6.45, 7) is 0.122. The molecule has 0 aromatic heterocycles. The molecule has 0 saturated carbocycles. The highest BCUT2D eigenvalue weighted by atomic mass is 19.1. The Morgan fingerprint density at radius 2 is 1.95 bits per heavy atom. The molecular weight excluding hydrogens is 247 g/mol. The number of carbonyl (C=O) groups is 1. The number of nitrogens with two attached hydrogens (primary N) is 1. The number of halogens is 1. The van der Waals surface area contributed by atoms with Crippen LogP contribution in [0.3, 0.4) is 0 Å². The second kappa shape index (κ2) is 5.86. The van der Waals surface area contributed by atoms with Gasteiger partial charge in [-0.3, -0.25) is 5.32 Å². The summed E-state index contributed by atoms with van der Waals surface area (Å²) in [6.07, 6.45) is -0.728. The van der Waals surface area contributed by atoms with Crippen LogP contribution in [0.5, 0.6) is 0 Å². The second-order valence-electron chi connectivity index (χ2n) is 3.93. The zero-order valence-electron chi connectivity index (χ0n) is 10.1. The smallest absolute Gasteiger partial charge is 0.412 e. The van der Waals surface area contributed by atoms with Gasteiger partial charge in [0.2, 0.25) is 0 Å². The van der Waals surface area contributed by atoms with E-state index in [9.17, 15) is 9.18 Å². The third kappa shape index (κ3) is 3.70. The normalized spacial score (nSPS) is 9.95. The van der Waals surface area contributed by atoms with Crippen LogP contribution in [0.4, 0.5) is 20.6 Å². The van der Waals surface area contributed by atoms with Gasteiger partial charge in [0, 0.05) is 5.69 Å². The molecule has 0 heterocycles. The molecule has 0 aliphatic heterocycles. The Balaban J connectivity index is 1.93. The van der Waals surface area contributed by atoms with Crippen molar-refractivity contribution >= 4 is 17.5 Å². The predicted octanol–water partition coefficient (Wildman–Crippen LogP) is 3.16. The number of nitrogens with one attached hydrogen (secondary N) is 1. The fourth-order valence-corrected chi connectivity index (χ4v) is 1.51. The molecular formula is C14H13FN2O2. The molecule has 0 saturated heterocycles. The molecule has 0 aliphatic rings. The molecule has 5 heteroatoms. The van der Waals surface area contributed by atoms with Crippen LogP contribution in [0, 0.1) is 5.82 Å². The molecule has 2 aromatic rings. The lowest BCUT2D eigenvalue weighted by atomic mass is 10.2. The minimum Gasteiger partial charge on any atom is -0.444 e. The maximum absolute atomic E-state index is 13.4. The van der Waals surface area contributed by atoms with Gasteiger partial charge >= 0.3 is 6.09 Å². The zero-order valence-corrected chi connectivity index (χ0v) is 10.1. The number of benzene rings is 2. The Kier molecular flexibility index (Phi) is 3.97. The molecule has 0 bridgehead atoms. The van der Waals surface area contributed by atoms with Gasteiger partial charge < -0.3 is 10.5 Å². The van der Waals surface area contributed by atoms with E-state index in [1.807, 2.05) is 30.3 Å². The highest BCUT2D eigenvalue weighted by Gasteiger charge is 2.08. The number of rotatable bonds is 3. The van der Waals surface area contributed by atoms with Crippen LogP contribution >= 0.6 is 0 Å². The summed E-state index contributed by atoms with van der Waals surface area (Å²) in [6, 6.07) is 13.1. The van der Waals surface area contributed by atoms with Crippen molar-refractivity contribution in [2.75, 3.05) is 11.1 Å². The van der Waals surface area contributed by atoms with Crippen LogP contribution in [0.1, 0.15) is 5.56 Å². The van der Waals surface area contributed by atoms with Gasteiger partial charge in [0.25, 0.3) is 0 Å². The molecule has 1 amide bonds. The van der Waals surface area contributed by atoms with Crippen LogP contribution in [-0.2, 0) is 11.3 Å². The first kappa shape index (κ1) is 12.9. The van der Waals surface area contributed by atoms with Crippen molar-refractivity contribution in [1.82, 2.24) is 0 Å². The van der Waals surface area contributed by atoms with E-state index >= 15 is 0 Å². The van der Waals surface area contributed by atoms with Crippen molar-refractivity contribution in [3.8, 4) is 0 Å². The minimum absolute atomic E-state index is 0.00179. The lowest BCUT2D eigenvalue weighted by Crippen LogP contribution is -2.14. The standard InChI is InChI=1S/C14H13FN2O2/c15-12-7-6-11(16)8-13(12)17-14(18)19-9-10-4-2-1-3-5-10/h1-8H,9,16H2,(H,17,18). The molecule has 0 aliphatic carbocycles. The van der Waals surface area contributed by atoms with Gasteiger partial charge in [0.05, 0.1) is 5.69 Å². The molecule has 4 nitrogen and oxygen atoms in total. The molecule has 0 fully saturated rings. The van der Waals surface area contributed by atoms with Crippen LogP contribution in [-0.4, -0.2) is 6.09 Å². The molecule has 0 unspecified atom stereocenters. The summed E-state index contributed by atoms with van der Waals surface area (Å²) >= 11 is 0. The highest BCUT2D eigenvalue weighted by molar-refractivity contribution is 5.85. The van der Waals surface area contributed by atoms with Crippen LogP contribution in [0.15, 0.2) is 48.5 Å². The lowest BCUT2D eigenvalue weighted by Gasteiger charge is -2.08. The first-order chi connectivity index (χ1) is 9.15. The van der Waals surface area contributed by atoms with Crippen molar-refractivity contribution in [3.63, 3.8) is 0 Å². The topological polar surface area (TPSA) is 64.3 Å². The molecule has 98 valence electrons. The van der Waals surface area contributed by atoms with Crippen molar-refractivity contribution in [3.05, 3.63) is 59.9 Å². The molecule has 0 atom stereocenters. The molecule has 3 N–H and O–H groups in total. The van der Waals surface area contributed by atoms with Crippen LogP contribution in [0.2, 0.25) is 0 Å². The first-order valence-corrected chi connectivity index (χ1v) is 5.68. The van der Waals surface area contributed by atoms with Gasteiger partial charge in [0.1, 0.15) is 12.4 Å². The first-order valence-electron chi connectivity index (χ1n) is 5.68. The molecule has 2 aromatic carbocycles. The zero-order chi connectivity index (χ0) is 13.7. The van der Waals surface area contributed by atoms with Crippen molar-refractivity contribution in [1.29, 1.82) is 0 Å². The molecule has 19 heavy (non-hydrogen) atoms. The molecule has 0 spiro atoms. The minimum atomic E-state index is -0.728. The van der Waals surface area contributed by atoms with E-state index in [0.717, 1.165) is 5.56 Å². The Labute approximate surface area is 110 Å². The maximum atomic E-state index is 13.4. The Bertz CT molecular complexity index is 573. The Morgan fingerprint density at radius 3 is 2.68 bits per heavy atom. The van der Waals surface area contributed by atoms with Crippen molar-refractivity contribution in [2.45, 2.75) is 6.61 Å². The predicted molar refractivity (Wildman–Crippen MR) is 71.1 cm³/mol. The third-order valence-corrected chi connectivity index (χ3v) is 2.44. The van der Waals surface area contributed by atoms with Gasteiger partial charge in [-0.25, -0.2) is 9.18 Å². The van der Waals surface area contributed by atoms with Gasteiger partial charge in [0.15, 0.2) is 0 Å². The monoisotopic (exact) mass is 260 g/mol. The maximum Gasteiger partial charge on any atom is 0.412 e. The summed E-state index contributed by atoms with van der Waals surface area (Å²) in [5.41, 5.74) is 6.72. The van der Waals surface area contributed by atoms with Crippen molar-refractivity contribution in [2.24, 2.45) is 0 Å². The van der Waals surface area contributed by atoms with Crippen LogP contribution in [0.25, 0.3) is 0 Å². The van der Waals surface area contributed by atoms with Gasteiger partial charge in [-0.2, -0.15) is 0 Å². The summed E-state index contributed by atoms with van der Waals surface area (Å²) in [5, 5.41) is 2.31. The van der Waals surface area contributed by atoms with E-state index in [4.69, 9.17) is 10.5 Å². The van der Waals surface area contributed by atoms with Crippen LogP contribution < -0.4 is 11.1 Å². The number of carbonyl (C=O) groups excluding carboxylic acids is 1.